The third-order valence-electron chi connectivity index (χ3n) is 6.28. The van der Waals surface area contributed by atoms with E-state index < -0.39 is 10.0 Å². The molecule has 0 radical (unpaired) electrons. The highest BCUT2D eigenvalue weighted by Crippen LogP contribution is 2.27. The first-order chi connectivity index (χ1) is 18.2. The first kappa shape index (κ1) is 28.3. The van der Waals surface area contributed by atoms with Crippen molar-refractivity contribution in [2.75, 3.05) is 25.4 Å². The molecule has 2 aromatic carbocycles. The van der Waals surface area contributed by atoms with Gasteiger partial charge in [-0.05, 0) is 56.0 Å². The number of nitrogens with one attached hydrogen (secondary N) is 1. The number of benzene rings is 2. The molecule has 1 aromatic heterocycles. The summed E-state index contributed by atoms with van der Waals surface area (Å²) in [6.45, 7) is 4.97. The van der Waals surface area contributed by atoms with E-state index in [1.54, 1.807) is 12.1 Å². The fourth-order valence-electron chi connectivity index (χ4n) is 4.15. The van der Waals surface area contributed by atoms with Crippen LogP contribution in [-0.2, 0) is 21.2 Å². The van der Waals surface area contributed by atoms with Crippen LogP contribution < -0.4 is 5.32 Å². The number of hydrogen-bond acceptors (Lipinski definition) is 7. The number of ketones is 1. The second-order valence-electron chi connectivity index (χ2n) is 9.10. The lowest BCUT2D eigenvalue weighted by molar-refractivity contribution is -0.118. The Balaban J connectivity index is 1.49. The monoisotopic (exact) mass is 575 g/mol. The highest BCUT2D eigenvalue weighted by molar-refractivity contribution is 7.99. The minimum Gasteiger partial charge on any atom is -0.356 e. The lowest BCUT2D eigenvalue weighted by Crippen LogP contribution is -2.27. The largest absolute Gasteiger partial charge is 0.356 e. The Bertz CT molecular complexity index is 1420. The Morgan fingerprint density at radius 2 is 1.79 bits per heavy atom. The van der Waals surface area contributed by atoms with Crippen LogP contribution in [0.5, 0.6) is 0 Å². The summed E-state index contributed by atoms with van der Waals surface area (Å²) >= 11 is 7.63. The second-order valence-corrected chi connectivity index (χ2v) is 12.4. The quantitative estimate of drug-likeness (QED) is 0.208. The lowest BCUT2D eigenvalue weighted by Gasteiger charge is -2.15. The topological polar surface area (TPSA) is 114 Å². The second kappa shape index (κ2) is 12.4. The minimum absolute atomic E-state index is 0.0896. The van der Waals surface area contributed by atoms with Gasteiger partial charge in [-0.1, -0.05) is 41.6 Å². The summed E-state index contributed by atoms with van der Waals surface area (Å²) in [4.78, 5) is 24.3. The Labute approximate surface area is 232 Å². The van der Waals surface area contributed by atoms with Gasteiger partial charge in [-0.25, -0.2) is 8.42 Å². The minimum atomic E-state index is -3.53. The van der Waals surface area contributed by atoms with Gasteiger partial charge in [0.25, 0.3) is 0 Å². The van der Waals surface area contributed by atoms with Crippen molar-refractivity contribution in [3.8, 4) is 5.69 Å². The van der Waals surface area contributed by atoms with E-state index in [-0.39, 0.29) is 22.3 Å². The molecule has 1 N–H and O–H groups in total. The average molecular weight is 576 g/mol. The van der Waals surface area contributed by atoms with Gasteiger partial charge >= 0.3 is 0 Å². The van der Waals surface area contributed by atoms with Crippen molar-refractivity contribution < 1.29 is 18.0 Å². The number of halogens is 1. The predicted molar refractivity (Wildman–Crippen MR) is 148 cm³/mol. The number of Topliss-reactive ketones (excluding diaryl/α,β-unsaturated/α-hetero) is 1. The Kier molecular flexibility index (Phi) is 9.24. The molecule has 1 aliphatic rings. The Morgan fingerprint density at radius 3 is 2.45 bits per heavy atom. The Hall–Kier alpha value is -2.73. The lowest BCUT2D eigenvalue weighted by atomic mass is 10.1. The molecule has 0 saturated carbocycles. The SMILES string of the molecule is CC(=O)NCCCc1nnc(SCC(=O)c2ccc(S(=O)(=O)N3CCCC3)cc2)n1-c1ccc(C)c(Cl)c1. The molecule has 9 nitrogen and oxygen atoms in total. The summed E-state index contributed by atoms with van der Waals surface area (Å²) in [5.74, 6) is 0.556. The number of nitrogens with zero attached hydrogens (tertiary/aromatic N) is 4. The molecule has 0 atom stereocenters. The number of hydrogen-bond donors (Lipinski definition) is 1. The van der Waals surface area contributed by atoms with Crippen LogP contribution >= 0.6 is 23.4 Å². The number of carbonyl (C=O) groups is 2. The highest BCUT2D eigenvalue weighted by Gasteiger charge is 2.27. The van der Waals surface area contributed by atoms with Crippen molar-refractivity contribution in [3.05, 3.63) is 64.4 Å². The van der Waals surface area contributed by atoms with E-state index in [0.29, 0.717) is 54.0 Å². The van der Waals surface area contributed by atoms with Crippen LogP contribution in [0.1, 0.15) is 47.9 Å². The number of thioether (sulfide) groups is 1. The number of sulfonamides is 1. The standard InChI is InChI=1S/C26H30ClN5O4S2/c1-18-7-10-21(16-23(18)27)32-25(6-5-13-28-19(2)33)29-30-26(32)37-17-24(34)20-8-11-22(12-9-20)38(35,36)31-14-3-4-15-31/h7-12,16H,3-6,13-15,17H2,1-2H3,(H,28,33). The maximum absolute atomic E-state index is 13.0. The van der Waals surface area contributed by atoms with Crippen LogP contribution in [0.2, 0.25) is 5.02 Å². The predicted octanol–water partition coefficient (Wildman–Crippen LogP) is 4.06. The molecule has 38 heavy (non-hydrogen) atoms. The van der Waals surface area contributed by atoms with Crippen molar-refractivity contribution in [3.63, 3.8) is 0 Å². The Morgan fingerprint density at radius 1 is 1.08 bits per heavy atom. The van der Waals surface area contributed by atoms with Crippen LogP contribution in [0.4, 0.5) is 0 Å². The van der Waals surface area contributed by atoms with Gasteiger partial charge in [-0.2, -0.15) is 4.31 Å². The van der Waals surface area contributed by atoms with E-state index >= 15 is 0 Å². The molecule has 202 valence electrons. The van der Waals surface area contributed by atoms with E-state index in [1.165, 1.54) is 35.1 Å². The van der Waals surface area contributed by atoms with Gasteiger partial charge in [-0.3, -0.25) is 14.2 Å². The smallest absolute Gasteiger partial charge is 0.243 e. The molecule has 2 heterocycles. The zero-order chi connectivity index (χ0) is 27.3. The summed E-state index contributed by atoms with van der Waals surface area (Å²) in [6.07, 6.45) is 2.97. The van der Waals surface area contributed by atoms with Gasteiger partial charge in [0.05, 0.1) is 16.3 Å². The fourth-order valence-corrected chi connectivity index (χ4v) is 6.71. The molecule has 1 fully saturated rings. The van der Waals surface area contributed by atoms with E-state index in [0.717, 1.165) is 24.1 Å². The van der Waals surface area contributed by atoms with Gasteiger partial charge < -0.3 is 5.32 Å². The zero-order valence-electron chi connectivity index (χ0n) is 21.3. The highest BCUT2D eigenvalue weighted by atomic mass is 35.5. The third-order valence-corrected chi connectivity index (χ3v) is 9.53. The van der Waals surface area contributed by atoms with Crippen LogP contribution in [-0.4, -0.2) is 64.6 Å². The van der Waals surface area contributed by atoms with Crippen molar-refractivity contribution >= 4 is 45.1 Å². The molecular formula is C26H30ClN5O4S2. The first-order valence-electron chi connectivity index (χ1n) is 12.4. The molecule has 0 aliphatic carbocycles. The van der Waals surface area contributed by atoms with Gasteiger partial charge in [0.1, 0.15) is 5.82 Å². The summed E-state index contributed by atoms with van der Waals surface area (Å²) in [7, 11) is -3.53. The van der Waals surface area contributed by atoms with Crippen LogP contribution in [0.15, 0.2) is 52.5 Å². The van der Waals surface area contributed by atoms with E-state index in [1.807, 2.05) is 29.7 Å². The molecule has 0 spiro atoms. The van der Waals surface area contributed by atoms with Gasteiger partial charge in [0, 0.05) is 43.6 Å². The molecule has 1 amide bonds. The number of carbonyl (C=O) groups excluding carboxylic acids is 2. The van der Waals surface area contributed by atoms with Crippen molar-refractivity contribution in [2.45, 2.75) is 49.6 Å². The summed E-state index contributed by atoms with van der Waals surface area (Å²) in [5, 5.41) is 12.6. The van der Waals surface area contributed by atoms with Gasteiger partial charge in [0.15, 0.2) is 10.9 Å². The fraction of sp³-hybridized carbons (Fsp3) is 0.385. The molecule has 4 rings (SSSR count). The van der Waals surface area contributed by atoms with Crippen molar-refractivity contribution in [1.82, 2.24) is 24.4 Å². The average Bonchev–Trinajstić information content (AvgIpc) is 3.58. The maximum atomic E-state index is 13.0. The molecule has 0 unspecified atom stereocenters. The van der Waals surface area contributed by atoms with Crippen molar-refractivity contribution in [2.24, 2.45) is 0 Å². The molecule has 1 saturated heterocycles. The summed E-state index contributed by atoms with van der Waals surface area (Å²) < 4.78 is 28.9. The van der Waals surface area contributed by atoms with Crippen LogP contribution in [0, 0.1) is 6.92 Å². The molecule has 0 bridgehead atoms. The van der Waals surface area contributed by atoms with Crippen molar-refractivity contribution in [1.29, 1.82) is 0 Å². The van der Waals surface area contributed by atoms with Crippen LogP contribution in [0.25, 0.3) is 5.69 Å². The summed E-state index contributed by atoms with van der Waals surface area (Å²) in [5.41, 5.74) is 2.15. The van der Waals surface area contributed by atoms with E-state index in [9.17, 15) is 18.0 Å². The molecule has 3 aromatic rings. The number of aromatic nitrogens is 3. The molecule has 1 aliphatic heterocycles. The molecular weight excluding hydrogens is 546 g/mol. The number of aryl methyl sites for hydroxylation is 2. The molecule has 12 heteroatoms. The van der Waals surface area contributed by atoms with E-state index in [4.69, 9.17) is 11.6 Å². The number of amides is 1. The van der Waals surface area contributed by atoms with E-state index in [2.05, 4.69) is 15.5 Å². The normalized spacial score (nSPS) is 14.1. The maximum Gasteiger partial charge on any atom is 0.243 e. The zero-order valence-corrected chi connectivity index (χ0v) is 23.7. The van der Waals surface area contributed by atoms with Gasteiger partial charge in [0.2, 0.25) is 15.9 Å². The van der Waals surface area contributed by atoms with Gasteiger partial charge in [-0.15, -0.1) is 10.2 Å². The van der Waals surface area contributed by atoms with Crippen LogP contribution in [0.3, 0.4) is 0 Å². The number of rotatable bonds is 11. The first-order valence-corrected chi connectivity index (χ1v) is 15.2. The third kappa shape index (κ3) is 6.63. The summed E-state index contributed by atoms with van der Waals surface area (Å²) in [6, 6.07) is 11.8.